The average Bonchev–Trinajstić information content (AvgIpc) is 3.33. The zero-order chi connectivity index (χ0) is 48.6. The first-order valence-electron chi connectivity index (χ1n) is 28.8. The Morgan fingerprint density at radius 3 is 0.896 bits per heavy atom. The molecule has 67 heavy (non-hydrogen) atoms. The van der Waals surface area contributed by atoms with E-state index in [0.717, 1.165) is 116 Å². The lowest BCUT2D eigenvalue weighted by molar-refractivity contribution is -0.167. The van der Waals surface area contributed by atoms with Crippen LogP contribution in [0.2, 0.25) is 0 Å². The second-order valence-electron chi connectivity index (χ2n) is 19.2. The van der Waals surface area contributed by atoms with Crippen molar-refractivity contribution in [2.75, 3.05) is 13.2 Å². The molecule has 0 amide bonds. The monoisotopic (exact) mass is 937 g/mol. The van der Waals surface area contributed by atoms with Gasteiger partial charge in [0.2, 0.25) is 0 Å². The molecule has 0 saturated carbocycles. The molecule has 1 atom stereocenters. The molecule has 0 rings (SSSR count). The van der Waals surface area contributed by atoms with Crippen LogP contribution in [0.5, 0.6) is 0 Å². The van der Waals surface area contributed by atoms with Gasteiger partial charge in [0.1, 0.15) is 13.2 Å². The van der Waals surface area contributed by atoms with Crippen molar-refractivity contribution in [2.24, 2.45) is 0 Å². The molecule has 6 nitrogen and oxygen atoms in total. The Bertz CT molecular complexity index is 1210. The Morgan fingerprint density at radius 1 is 0.299 bits per heavy atom. The van der Waals surface area contributed by atoms with Crippen LogP contribution in [0.15, 0.2) is 60.8 Å². The fourth-order valence-corrected chi connectivity index (χ4v) is 8.10. The highest BCUT2D eigenvalue weighted by Gasteiger charge is 2.19. The van der Waals surface area contributed by atoms with Crippen LogP contribution in [0.25, 0.3) is 0 Å². The van der Waals surface area contributed by atoms with Crippen molar-refractivity contribution < 1.29 is 28.6 Å². The molecular formula is C61H108O6. The van der Waals surface area contributed by atoms with Crippen LogP contribution in [-0.4, -0.2) is 37.2 Å². The molecule has 0 fully saturated rings. The topological polar surface area (TPSA) is 78.9 Å². The molecular weight excluding hydrogens is 829 g/mol. The number of carbonyl (C=O) groups is 3. The van der Waals surface area contributed by atoms with Crippen LogP contribution in [0.3, 0.4) is 0 Å². The molecule has 0 bridgehead atoms. The summed E-state index contributed by atoms with van der Waals surface area (Å²) in [5, 5.41) is 0. The van der Waals surface area contributed by atoms with Gasteiger partial charge in [0.15, 0.2) is 6.10 Å². The van der Waals surface area contributed by atoms with E-state index in [1.165, 1.54) is 135 Å². The second-order valence-corrected chi connectivity index (χ2v) is 19.2. The molecule has 0 aromatic rings. The van der Waals surface area contributed by atoms with E-state index < -0.39 is 6.10 Å². The maximum atomic E-state index is 12.8. The van der Waals surface area contributed by atoms with Gasteiger partial charge in [-0.2, -0.15) is 0 Å². The zero-order valence-electron chi connectivity index (χ0n) is 44.4. The molecule has 0 aromatic heterocycles. The normalized spacial score (nSPS) is 12.5. The quantitative estimate of drug-likeness (QED) is 0.0262. The summed E-state index contributed by atoms with van der Waals surface area (Å²) in [5.41, 5.74) is 0. The van der Waals surface area contributed by atoms with Crippen molar-refractivity contribution in [1.29, 1.82) is 0 Å². The van der Waals surface area contributed by atoms with Gasteiger partial charge in [-0.1, -0.05) is 236 Å². The number of rotatable bonds is 52. The highest BCUT2D eigenvalue weighted by Crippen LogP contribution is 2.16. The van der Waals surface area contributed by atoms with E-state index in [2.05, 4.69) is 81.5 Å². The lowest BCUT2D eigenvalue weighted by atomic mass is 10.0. The number of allylic oxidation sites excluding steroid dienone is 10. The third kappa shape index (κ3) is 53.9. The first kappa shape index (κ1) is 64.1. The van der Waals surface area contributed by atoms with Crippen LogP contribution in [0.4, 0.5) is 0 Å². The highest BCUT2D eigenvalue weighted by molar-refractivity contribution is 5.71. The summed E-state index contributed by atoms with van der Waals surface area (Å²) in [4.78, 5) is 38.1. The van der Waals surface area contributed by atoms with Crippen molar-refractivity contribution in [2.45, 2.75) is 297 Å². The highest BCUT2D eigenvalue weighted by atomic mass is 16.6. The fraction of sp³-hybridized carbons (Fsp3) is 0.787. The van der Waals surface area contributed by atoms with Crippen molar-refractivity contribution in [3.8, 4) is 0 Å². The summed E-state index contributed by atoms with van der Waals surface area (Å²) in [5.74, 6) is -0.906. The molecule has 0 spiro atoms. The third-order valence-electron chi connectivity index (χ3n) is 12.4. The first-order valence-corrected chi connectivity index (χ1v) is 28.8. The summed E-state index contributed by atoms with van der Waals surface area (Å²) in [6.07, 6.45) is 69.3. The van der Waals surface area contributed by atoms with Crippen molar-refractivity contribution in [1.82, 2.24) is 0 Å². The van der Waals surface area contributed by atoms with Gasteiger partial charge in [-0.05, 0) is 96.3 Å². The second kappa shape index (κ2) is 55.7. The summed E-state index contributed by atoms with van der Waals surface area (Å²) < 4.78 is 16.8. The van der Waals surface area contributed by atoms with E-state index in [9.17, 15) is 14.4 Å². The average molecular weight is 938 g/mol. The van der Waals surface area contributed by atoms with Gasteiger partial charge in [0.25, 0.3) is 0 Å². The van der Waals surface area contributed by atoms with Crippen LogP contribution in [0, 0.1) is 0 Å². The number of esters is 3. The number of hydrogen-bond donors (Lipinski definition) is 0. The fourth-order valence-electron chi connectivity index (χ4n) is 8.10. The number of hydrogen-bond acceptors (Lipinski definition) is 6. The molecule has 388 valence electrons. The van der Waals surface area contributed by atoms with E-state index in [1.807, 2.05) is 0 Å². The first-order chi connectivity index (χ1) is 33.0. The smallest absolute Gasteiger partial charge is 0.306 e. The van der Waals surface area contributed by atoms with E-state index >= 15 is 0 Å². The number of ether oxygens (including phenoxy) is 3. The van der Waals surface area contributed by atoms with E-state index in [0.29, 0.717) is 19.3 Å². The van der Waals surface area contributed by atoms with E-state index in [-0.39, 0.29) is 31.1 Å². The minimum absolute atomic E-state index is 0.0840. The maximum absolute atomic E-state index is 12.8. The van der Waals surface area contributed by atoms with Crippen molar-refractivity contribution in [3.05, 3.63) is 60.8 Å². The summed E-state index contributed by atoms with van der Waals surface area (Å²) >= 11 is 0. The Labute approximate surface area is 415 Å². The molecule has 0 heterocycles. The van der Waals surface area contributed by atoms with Crippen LogP contribution in [0.1, 0.15) is 290 Å². The van der Waals surface area contributed by atoms with Crippen LogP contribution < -0.4 is 0 Å². The molecule has 0 aromatic carbocycles. The largest absolute Gasteiger partial charge is 0.462 e. The summed E-state index contributed by atoms with van der Waals surface area (Å²) in [7, 11) is 0. The van der Waals surface area contributed by atoms with Gasteiger partial charge >= 0.3 is 17.9 Å². The molecule has 1 unspecified atom stereocenters. The Balaban J connectivity index is 4.28. The predicted molar refractivity (Wildman–Crippen MR) is 288 cm³/mol. The van der Waals surface area contributed by atoms with Gasteiger partial charge in [-0.3, -0.25) is 14.4 Å². The van der Waals surface area contributed by atoms with Gasteiger partial charge in [0, 0.05) is 19.3 Å². The van der Waals surface area contributed by atoms with E-state index in [4.69, 9.17) is 14.2 Å². The predicted octanol–water partition coefficient (Wildman–Crippen LogP) is 19.2. The molecule has 0 saturated heterocycles. The minimum atomic E-state index is -0.787. The lowest BCUT2D eigenvalue weighted by Gasteiger charge is -2.18. The Kier molecular flexibility index (Phi) is 53.3. The summed E-state index contributed by atoms with van der Waals surface area (Å²) in [6, 6.07) is 0. The van der Waals surface area contributed by atoms with Gasteiger partial charge in [-0.15, -0.1) is 0 Å². The summed E-state index contributed by atoms with van der Waals surface area (Å²) in [6.45, 7) is 6.51. The standard InChI is InChI=1S/C61H108O6/c1-4-7-10-13-16-19-22-25-26-27-28-29-30-31-32-33-34-37-39-42-45-48-51-54-60(63)66-57-58(67-61(64)55-52-49-46-43-40-36-24-21-18-15-12-9-6-3)56-65-59(62)53-50-47-44-41-38-35-23-20-17-14-11-8-5-2/h11-12,14-15,20-21,23-24,27-28,58H,4-10,13,16-19,22,25-26,29-57H2,1-3H3/b14-11-,15-12-,23-20-,24-21-,28-27-. The van der Waals surface area contributed by atoms with Gasteiger partial charge in [0.05, 0.1) is 0 Å². The minimum Gasteiger partial charge on any atom is -0.462 e. The van der Waals surface area contributed by atoms with Crippen molar-refractivity contribution >= 4 is 17.9 Å². The molecule has 0 aliphatic heterocycles. The SMILES string of the molecule is CCC/C=C\C/C=C\CCCCCCCC(=O)OCC(COC(=O)CCCCCCCCCCCCC/C=C\CCCCCCCCCC)OC(=O)CCCCCCC/C=C\C/C=C\CCC. The number of unbranched alkanes of at least 4 members (excludes halogenated alkanes) is 31. The Hall–Kier alpha value is -2.89. The van der Waals surface area contributed by atoms with Crippen LogP contribution in [-0.2, 0) is 28.6 Å². The van der Waals surface area contributed by atoms with Crippen LogP contribution >= 0.6 is 0 Å². The van der Waals surface area contributed by atoms with Gasteiger partial charge in [-0.25, -0.2) is 0 Å². The third-order valence-corrected chi connectivity index (χ3v) is 12.4. The van der Waals surface area contributed by atoms with Gasteiger partial charge < -0.3 is 14.2 Å². The molecule has 0 N–H and O–H groups in total. The molecule has 0 radical (unpaired) electrons. The van der Waals surface area contributed by atoms with E-state index in [1.54, 1.807) is 0 Å². The maximum Gasteiger partial charge on any atom is 0.306 e. The zero-order valence-corrected chi connectivity index (χ0v) is 44.4. The Morgan fingerprint density at radius 2 is 0.567 bits per heavy atom. The molecule has 6 heteroatoms. The molecule has 0 aliphatic rings. The number of carbonyl (C=O) groups excluding carboxylic acids is 3. The van der Waals surface area contributed by atoms with Crippen molar-refractivity contribution in [3.63, 3.8) is 0 Å². The lowest BCUT2D eigenvalue weighted by Crippen LogP contribution is -2.30. The molecule has 0 aliphatic carbocycles.